The molecule has 2 aliphatic heterocycles. The Kier molecular flexibility index (Phi) is 7.26. The van der Waals surface area contributed by atoms with Crippen molar-refractivity contribution in [1.82, 2.24) is 14.4 Å². The lowest BCUT2D eigenvalue weighted by Gasteiger charge is -2.33. The van der Waals surface area contributed by atoms with Gasteiger partial charge in [-0.05, 0) is 50.0 Å². The summed E-state index contributed by atoms with van der Waals surface area (Å²) in [4.78, 5) is 15.2. The van der Waals surface area contributed by atoms with Crippen LogP contribution in [-0.4, -0.2) is 54.9 Å². The molecule has 0 unspecified atom stereocenters. The minimum absolute atomic E-state index is 0.0139. The first-order valence-electron chi connectivity index (χ1n) is 12.6. The zero-order valence-corrected chi connectivity index (χ0v) is 21.5. The van der Waals surface area contributed by atoms with Gasteiger partial charge in [0, 0.05) is 37.7 Å². The second-order valence-corrected chi connectivity index (χ2v) is 11.6. The molecule has 0 N–H and O–H groups in total. The van der Waals surface area contributed by atoms with Gasteiger partial charge in [0.25, 0.3) is 0 Å². The van der Waals surface area contributed by atoms with Crippen LogP contribution >= 0.6 is 0 Å². The molecule has 1 amide bonds. The predicted molar refractivity (Wildman–Crippen MR) is 138 cm³/mol. The Morgan fingerprint density at radius 2 is 1.78 bits per heavy atom. The molecular formula is C28H30FN3O4S. The van der Waals surface area contributed by atoms with Crippen molar-refractivity contribution in [2.45, 2.75) is 37.0 Å². The molecule has 3 aromatic rings. The van der Waals surface area contributed by atoms with Crippen LogP contribution in [0.25, 0.3) is 12.2 Å². The molecule has 0 aliphatic carbocycles. The van der Waals surface area contributed by atoms with Crippen LogP contribution in [0.15, 0.2) is 64.0 Å². The highest BCUT2D eigenvalue weighted by molar-refractivity contribution is 7.89. The van der Waals surface area contributed by atoms with E-state index in [1.54, 1.807) is 25.1 Å². The molecule has 5 rings (SSSR count). The summed E-state index contributed by atoms with van der Waals surface area (Å²) < 4.78 is 48.1. The van der Waals surface area contributed by atoms with E-state index in [9.17, 15) is 17.6 Å². The van der Waals surface area contributed by atoms with Gasteiger partial charge in [-0.15, -0.1) is 0 Å². The standard InChI is InChI=1S/C28H30FN3O4S/c1-20-27(26(36-30-20)14-13-22-10-5-6-12-25(22)29)37(34,35)32-16-7-11-24(19-32)28(33)31-17-15-23(18-31)21-8-3-2-4-9-21/h2-6,8-10,12-14,23-24H,7,11,15-19H2,1H3/b14-13+/t23-,24-/m1/s1. The number of piperidine rings is 1. The summed E-state index contributed by atoms with van der Waals surface area (Å²) in [5.74, 6) is -0.458. The minimum Gasteiger partial charge on any atom is -0.355 e. The summed E-state index contributed by atoms with van der Waals surface area (Å²) in [6, 6.07) is 16.4. The lowest BCUT2D eigenvalue weighted by atomic mass is 9.97. The van der Waals surface area contributed by atoms with Gasteiger partial charge >= 0.3 is 0 Å². The van der Waals surface area contributed by atoms with Crippen LogP contribution in [0.3, 0.4) is 0 Å². The minimum atomic E-state index is -3.98. The maximum Gasteiger partial charge on any atom is 0.248 e. The van der Waals surface area contributed by atoms with Crippen molar-refractivity contribution in [3.05, 3.63) is 83.0 Å². The smallest absolute Gasteiger partial charge is 0.248 e. The number of carbonyl (C=O) groups excluding carboxylic acids is 1. The third-order valence-corrected chi connectivity index (χ3v) is 9.28. The van der Waals surface area contributed by atoms with E-state index < -0.39 is 21.8 Å². The largest absolute Gasteiger partial charge is 0.355 e. The first-order chi connectivity index (χ1) is 17.8. The fourth-order valence-electron chi connectivity index (χ4n) is 5.28. The van der Waals surface area contributed by atoms with E-state index in [-0.39, 0.29) is 28.8 Å². The van der Waals surface area contributed by atoms with Crippen molar-refractivity contribution in [3.63, 3.8) is 0 Å². The molecule has 0 spiro atoms. The number of aromatic nitrogens is 1. The predicted octanol–water partition coefficient (Wildman–Crippen LogP) is 4.71. The van der Waals surface area contributed by atoms with Crippen LogP contribution in [0.2, 0.25) is 0 Å². The van der Waals surface area contributed by atoms with Gasteiger partial charge in [0.2, 0.25) is 15.9 Å². The first-order valence-corrected chi connectivity index (χ1v) is 14.0. The molecule has 2 fully saturated rings. The Labute approximate surface area is 216 Å². The van der Waals surface area contributed by atoms with Crippen LogP contribution in [-0.2, 0) is 14.8 Å². The molecule has 3 heterocycles. The van der Waals surface area contributed by atoms with Crippen molar-refractivity contribution >= 4 is 28.1 Å². The van der Waals surface area contributed by atoms with Crippen LogP contribution in [0.5, 0.6) is 0 Å². The number of sulfonamides is 1. The van der Waals surface area contributed by atoms with Gasteiger partial charge < -0.3 is 9.42 Å². The molecule has 2 aromatic carbocycles. The Morgan fingerprint density at radius 1 is 1.03 bits per heavy atom. The number of benzene rings is 2. The van der Waals surface area contributed by atoms with Gasteiger partial charge in [-0.3, -0.25) is 4.79 Å². The quantitative estimate of drug-likeness (QED) is 0.467. The van der Waals surface area contributed by atoms with E-state index >= 15 is 0 Å². The number of rotatable bonds is 6. The first kappa shape index (κ1) is 25.4. The second-order valence-electron chi connectivity index (χ2n) is 9.70. The maximum atomic E-state index is 14.0. The van der Waals surface area contributed by atoms with E-state index in [1.807, 2.05) is 23.1 Å². The average Bonchev–Trinajstić information content (AvgIpc) is 3.56. The van der Waals surface area contributed by atoms with Gasteiger partial charge in [-0.2, -0.15) is 4.31 Å². The van der Waals surface area contributed by atoms with Crippen molar-refractivity contribution in [2.24, 2.45) is 5.92 Å². The van der Waals surface area contributed by atoms with Crippen LogP contribution in [0.4, 0.5) is 4.39 Å². The number of carbonyl (C=O) groups is 1. The molecule has 2 saturated heterocycles. The highest BCUT2D eigenvalue weighted by atomic mass is 32.2. The van der Waals surface area contributed by atoms with Crippen LogP contribution < -0.4 is 0 Å². The average molecular weight is 524 g/mol. The van der Waals surface area contributed by atoms with Crippen molar-refractivity contribution in [1.29, 1.82) is 0 Å². The number of hydrogen-bond acceptors (Lipinski definition) is 5. The summed E-state index contributed by atoms with van der Waals surface area (Å²) in [5.41, 5.74) is 1.76. The van der Waals surface area contributed by atoms with Crippen molar-refractivity contribution in [2.75, 3.05) is 26.2 Å². The lowest BCUT2D eigenvalue weighted by Crippen LogP contribution is -2.46. The molecule has 37 heavy (non-hydrogen) atoms. The van der Waals surface area contributed by atoms with E-state index in [2.05, 4.69) is 17.3 Å². The highest BCUT2D eigenvalue weighted by Gasteiger charge is 2.39. The zero-order valence-electron chi connectivity index (χ0n) is 20.7. The van der Waals surface area contributed by atoms with E-state index in [0.717, 1.165) is 6.42 Å². The van der Waals surface area contributed by atoms with E-state index in [0.29, 0.717) is 44.0 Å². The Hall–Kier alpha value is -3.30. The molecular weight excluding hydrogens is 493 g/mol. The van der Waals surface area contributed by atoms with Gasteiger partial charge in [0.1, 0.15) is 11.5 Å². The molecule has 0 saturated carbocycles. The van der Waals surface area contributed by atoms with Gasteiger partial charge in [0.05, 0.1) is 5.92 Å². The monoisotopic (exact) mass is 523 g/mol. The normalized spacial score (nSPS) is 21.1. The fourth-order valence-corrected chi connectivity index (χ4v) is 7.06. The van der Waals surface area contributed by atoms with Crippen molar-refractivity contribution < 1.29 is 22.1 Å². The van der Waals surface area contributed by atoms with Crippen LogP contribution in [0, 0.1) is 18.7 Å². The summed E-state index contributed by atoms with van der Waals surface area (Å²) in [7, 11) is -3.98. The Bertz CT molecular complexity index is 1400. The molecule has 9 heteroatoms. The Balaban J connectivity index is 1.31. The summed E-state index contributed by atoms with van der Waals surface area (Å²) in [6.07, 6.45) is 5.04. The van der Waals surface area contributed by atoms with Crippen molar-refractivity contribution in [3.8, 4) is 0 Å². The number of nitrogens with zero attached hydrogens (tertiary/aromatic N) is 3. The number of hydrogen-bond donors (Lipinski definition) is 0. The summed E-state index contributed by atoms with van der Waals surface area (Å²) >= 11 is 0. The number of likely N-dealkylation sites (tertiary alicyclic amines) is 1. The molecule has 0 radical (unpaired) electrons. The third-order valence-electron chi connectivity index (χ3n) is 7.25. The van der Waals surface area contributed by atoms with Gasteiger partial charge in [-0.1, -0.05) is 53.7 Å². The molecule has 7 nitrogen and oxygen atoms in total. The number of halogens is 1. The summed E-state index contributed by atoms with van der Waals surface area (Å²) in [6.45, 7) is 3.34. The lowest BCUT2D eigenvalue weighted by molar-refractivity contribution is -0.135. The number of aryl methyl sites for hydroxylation is 1. The summed E-state index contributed by atoms with van der Waals surface area (Å²) in [5, 5.41) is 3.87. The molecule has 194 valence electrons. The van der Waals surface area contributed by atoms with E-state index in [4.69, 9.17) is 4.52 Å². The van der Waals surface area contributed by atoms with Gasteiger partial charge in [-0.25, -0.2) is 12.8 Å². The fraction of sp³-hybridized carbons (Fsp3) is 0.357. The SMILES string of the molecule is Cc1noc(/C=C/c2ccccc2F)c1S(=O)(=O)N1CCC[C@@H](C(=O)N2CC[C@@H](c3ccccc3)C2)C1. The molecule has 2 atom stereocenters. The zero-order chi connectivity index (χ0) is 26.0. The molecule has 1 aromatic heterocycles. The Morgan fingerprint density at radius 3 is 2.57 bits per heavy atom. The topological polar surface area (TPSA) is 83.7 Å². The van der Waals surface area contributed by atoms with Gasteiger partial charge in [0.15, 0.2) is 10.7 Å². The maximum absolute atomic E-state index is 14.0. The van der Waals surface area contributed by atoms with E-state index in [1.165, 1.54) is 28.1 Å². The molecule has 0 bridgehead atoms. The second kappa shape index (κ2) is 10.6. The highest BCUT2D eigenvalue weighted by Crippen LogP contribution is 2.32. The number of amides is 1. The van der Waals surface area contributed by atoms with Crippen LogP contribution in [0.1, 0.15) is 47.8 Å². The molecule has 2 aliphatic rings. The third kappa shape index (κ3) is 5.24.